The molecule has 0 atom stereocenters. The van der Waals surface area contributed by atoms with Crippen LogP contribution in [0.15, 0.2) is 48.8 Å². The SMILES string of the molecule is O=C(Cc1cccc(C(F)(F)F)c1)N1CCN(c2nsnc2OCc2ccncc2)CC1. The van der Waals surface area contributed by atoms with Crippen molar-refractivity contribution < 1.29 is 22.7 Å². The van der Waals surface area contributed by atoms with E-state index in [0.717, 1.165) is 29.4 Å². The van der Waals surface area contributed by atoms with Crippen LogP contribution in [0.3, 0.4) is 0 Å². The van der Waals surface area contributed by atoms with E-state index < -0.39 is 11.7 Å². The summed E-state index contributed by atoms with van der Waals surface area (Å²) in [5, 5.41) is 0. The van der Waals surface area contributed by atoms with Crippen LogP contribution in [0.2, 0.25) is 0 Å². The Morgan fingerprint density at radius 1 is 1.03 bits per heavy atom. The number of ether oxygens (including phenoxy) is 1. The molecule has 1 aromatic carbocycles. The number of benzene rings is 1. The predicted molar refractivity (Wildman–Crippen MR) is 112 cm³/mol. The number of nitrogens with zero attached hydrogens (tertiary/aromatic N) is 5. The van der Waals surface area contributed by atoms with Crippen LogP contribution in [0.4, 0.5) is 19.0 Å². The fourth-order valence-corrected chi connectivity index (χ4v) is 3.92. The van der Waals surface area contributed by atoms with Crippen LogP contribution in [0.1, 0.15) is 16.7 Å². The minimum atomic E-state index is -4.43. The second kappa shape index (κ2) is 9.51. The summed E-state index contributed by atoms with van der Waals surface area (Å²) in [7, 11) is 0. The predicted octanol–water partition coefficient (Wildman–Crippen LogP) is 3.42. The first kappa shape index (κ1) is 22.0. The van der Waals surface area contributed by atoms with E-state index in [1.165, 1.54) is 12.1 Å². The summed E-state index contributed by atoms with van der Waals surface area (Å²) in [4.78, 5) is 20.3. The summed E-state index contributed by atoms with van der Waals surface area (Å²) in [5.74, 6) is 0.874. The molecule has 11 heteroatoms. The first-order valence-corrected chi connectivity index (χ1v) is 10.7. The van der Waals surface area contributed by atoms with Crippen molar-refractivity contribution in [1.29, 1.82) is 0 Å². The molecule has 3 heterocycles. The van der Waals surface area contributed by atoms with Crippen molar-refractivity contribution in [2.24, 2.45) is 0 Å². The Morgan fingerprint density at radius 2 is 1.78 bits per heavy atom. The summed E-state index contributed by atoms with van der Waals surface area (Å²) in [5.41, 5.74) is 0.564. The van der Waals surface area contributed by atoms with Crippen LogP contribution in [0.25, 0.3) is 0 Å². The number of pyridine rings is 1. The van der Waals surface area contributed by atoms with Crippen LogP contribution in [-0.2, 0) is 24.0 Å². The van der Waals surface area contributed by atoms with Crippen LogP contribution < -0.4 is 9.64 Å². The molecular formula is C21H20F3N5O2S. The molecule has 1 saturated heterocycles. The number of carbonyl (C=O) groups is 1. The maximum atomic E-state index is 12.9. The number of aromatic nitrogens is 3. The first-order valence-electron chi connectivity index (χ1n) is 9.93. The lowest BCUT2D eigenvalue weighted by atomic mass is 10.1. The molecule has 0 bridgehead atoms. The highest BCUT2D eigenvalue weighted by Crippen LogP contribution is 2.30. The smallest absolute Gasteiger partial charge is 0.416 e. The third-order valence-corrected chi connectivity index (χ3v) is 5.61. The van der Waals surface area contributed by atoms with Gasteiger partial charge in [-0.1, -0.05) is 18.2 Å². The standard InChI is InChI=1S/C21H20F3N5O2S/c22-21(23,24)17-3-1-2-16(12-17)13-18(30)28-8-10-29(11-9-28)19-20(27-32-26-19)31-14-15-4-6-25-7-5-15/h1-7,12H,8-11,13-14H2. The van der Waals surface area contributed by atoms with Gasteiger partial charge in [0.1, 0.15) is 6.61 Å². The van der Waals surface area contributed by atoms with E-state index >= 15 is 0 Å². The Hall–Kier alpha value is -3.21. The highest BCUT2D eigenvalue weighted by Gasteiger charge is 2.31. The number of amides is 1. The average Bonchev–Trinajstić information content (AvgIpc) is 3.27. The zero-order valence-electron chi connectivity index (χ0n) is 17.0. The van der Waals surface area contributed by atoms with Gasteiger partial charge in [0.2, 0.25) is 11.7 Å². The molecule has 2 aromatic heterocycles. The first-order chi connectivity index (χ1) is 15.4. The van der Waals surface area contributed by atoms with Gasteiger partial charge in [0, 0.05) is 38.6 Å². The normalized spacial score (nSPS) is 14.5. The van der Waals surface area contributed by atoms with Crippen LogP contribution in [0, 0.1) is 0 Å². The molecule has 0 unspecified atom stereocenters. The van der Waals surface area contributed by atoms with Crippen molar-refractivity contribution in [2.45, 2.75) is 19.2 Å². The minimum Gasteiger partial charge on any atom is -0.470 e. The summed E-state index contributed by atoms with van der Waals surface area (Å²) >= 11 is 1.06. The van der Waals surface area contributed by atoms with Gasteiger partial charge in [-0.05, 0) is 29.3 Å². The number of hydrogen-bond donors (Lipinski definition) is 0. The third-order valence-electron chi connectivity index (χ3n) is 5.11. The Bertz CT molecular complexity index is 1050. The number of piperazine rings is 1. The molecule has 1 fully saturated rings. The summed E-state index contributed by atoms with van der Waals surface area (Å²) in [6, 6.07) is 8.61. The van der Waals surface area contributed by atoms with Gasteiger partial charge in [-0.15, -0.1) is 4.37 Å². The van der Waals surface area contributed by atoms with Gasteiger partial charge in [-0.2, -0.15) is 17.5 Å². The summed E-state index contributed by atoms with van der Waals surface area (Å²) < 4.78 is 53.1. The molecule has 1 aliphatic heterocycles. The lowest BCUT2D eigenvalue weighted by Gasteiger charge is -2.35. The fraction of sp³-hybridized carbons (Fsp3) is 0.333. The maximum absolute atomic E-state index is 12.9. The van der Waals surface area contributed by atoms with Crippen molar-refractivity contribution in [3.8, 4) is 5.88 Å². The zero-order chi connectivity index (χ0) is 22.6. The van der Waals surface area contributed by atoms with Gasteiger partial charge in [0.15, 0.2) is 0 Å². The largest absolute Gasteiger partial charge is 0.470 e. The number of halogens is 3. The molecule has 0 spiro atoms. The van der Waals surface area contributed by atoms with E-state index in [0.29, 0.717) is 50.0 Å². The summed E-state index contributed by atoms with van der Waals surface area (Å²) in [6.45, 7) is 2.30. The van der Waals surface area contributed by atoms with E-state index in [1.807, 2.05) is 17.0 Å². The molecule has 1 aliphatic rings. The van der Waals surface area contributed by atoms with Gasteiger partial charge in [-0.25, -0.2) is 0 Å². The highest BCUT2D eigenvalue weighted by atomic mass is 32.1. The number of rotatable bonds is 6. The van der Waals surface area contributed by atoms with E-state index in [2.05, 4.69) is 13.7 Å². The topological polar surface area (TPSA) is 71.5 Å². The molecule has 7 nitrogen and oxygen atoms in total. The van der Waals surface area contributed by atoms with Crippen LogP contribution in [0.5, 0.6) is 5.88 Å². The van der Waals surface area contributed by atoms with Gasteiger partial charge >= 0.3 is 6.18 Å². The van der Waals surface area contributed by atoms with Crippen molar-refractivity contribution in [3.63, 3.8) is 0 Å². The number of hydrogen-bond acceptors (Lipinski definition) is 7. The Kier molecular flexibility index (Phi) is 6.54. The van der Waals surface area contributed by atoms with Gasteiger partial charge in [0.25, 0.3) is 5.88 Å². The lowest BCUT2D eigenvalue weighted by molar-refractivity contribution is -0.138. The molecule has 1 amide bonds. The Balaban J connectivity index is 1.32. The summed E-state index contributed by atoms with van der Waals surface area (Å²) in [6.07, 6.45) is -1.12. The van der Waals surface area contributed by atoms with Crippen molar-refractivity contribution in [1.82, 2.24) is 18.6 Å². The van der Waals surface area contributed by atoms with Gasteiger partial charge in [0.05, 0.1) is 23.7 Å². The third kappa shape index (κ3) is 5.34. The van der Waals surface area contributed by atoms with E-state index in [1.54, 1.807) is 17.3 Å². The molecule has 0 saturated carbocycles. The monoisotopic (exact) mass is 463 g/mol. The fourth-order valence-electron chi connectivity index (χ4n) is 3.40. The molecular weight excluding hydrogens is 443 g/mol. The second-order valence-electron chi connectivity index (χ2n) is 7.28. The lowest BCUT2D eigenvalue weighted by Crippen LogP contribution is -2.49. The van der Waals surface area contributed by atoms with E-state index in [4.69, 9.17) is 4.74 Å². The van der Waals surface area contributed by atoms with Gasteiger partial charge in [-0.3, -0.25) is 9.78 Å². The molecule has 3 aromatic rings. The number of anilines is 1. The number of carbonyl (C=O) groups excluding carboxylic acids is 1. The minimum absolute atomic E-state index is 0.0670. The molecule has 0 radical (unpaired) electrons. The zero-order valence-corrected chi connectivity index (χ0v) is 17.8. The highest BCUT2D eigenvalue weighted by molar-refractivity contribution is 6.99. The van der Waals surface area contributed by atoms with E-state index in [-0.39, 0.29) is 12.3 Å². The maximum Gasteiger partial charge on any atom is 0.416 e. The molecule has 0 N–H and O–H groups in total. The van der Waals surface area contributed by atoms with Crippen LogP contribution >= 0.6 is 11.7 Å². The van der Waals surface area contributed by atoms with Crippen molar-refractivity contribution in [3.05, 3.63) is 65.5 Å². The molecule has 4 rings (SSSR count). The van der Waals surface area contributed by atoms with E-state index in [9.17, 15) is 18.0 Å². The molecule has 0 aliphatic carbocycles. The Morgan fingerprint density at radius 3 is 2.50 bits per heavy atom. The number of alkyl halides is 3. The van der Waals surface area contributed by atoms with Gasteiger partial charge < -0.3 is 14.5 Å². The molecule has 168 valence electrons. The Labute approximate surface area is 186 Å². The quantitative estimate of drug-likeness (QED) is 0.558. The average molecular weight is 463 g/mol. The second-order valence-corrected chi connectivity index (χ2v) is 7.81. The van der Waals surface area contributed by atoms with Crippen LogP contribution in [-0.4, -0.2) is 50.7 Å². The van der Waals surface area contributed by atoms with Crippen molar-refractivity contribution >= 4 is 23.5 Å². The van der Waals surface area contributed by atoms with Crippen molar-refractivity contribution in [2.75, 3.05) is 31.1 Å². The molecule has 32 heavy (non-hydrogen) atoms.